The van der Waals surface area contributed by atoms with Crippen LogP contribution in [0, 0.1) is 11.6 Å². The Balaban J connectivity index is 2.24. The van der Waals surface area contributed by atoms with Gasteiger partial charge in [0.15, 0.2) is 0 Å². The van der Waals surface area contributed by atoms with Crippen molar-refractivity contribution in [3.63, 3.8) is 0 Å². The first-order valence-corrected chi connectivity index (χ1v) is 7.14. The van der Waals surface area contributed by atoms with Gasteiger partial charge in [-0.1, -0.05) is 0 Å². The molecule has 1 aromatic carbocycles. The Labute approximate surface area is 122 Å². The smallest absolute Gasteiger partial charge is 0.256 e. The maximum Gasteiger partial charge on any atom is 0.256 e. The van der Waals surface area contributed by atoms with Crippen molar-refractivity contribution in [2.75, 3.05) is 5.32 Å². The van der Waals surface area contributed by atoms with Gasteiger partial charge in [0.1, 0.15) is 11.6 Å². The molecular weight excluding hydrogens is 392 g/mol. The molecule has 1 aromatic heterocycles. The predicted octanol–water partition coefficient (Wildman–Crippen LogP) is 4.80. The quantitative estimate of drug-likeness (QED) is 0.725. The van der Waals surface area contributed by atoms with Crippen LogP contribution in [-0.2, 0) is 0 Å². The summed E-state index contributed by atoms with van der Waals surface area (Å²) in [6, 6.07) is 3.50. The number of thiophene rings is 1. The third-order valence-corrected chi connectivity index (χ3v) is 4.20. The zero-order valence-electron chi connectivity index (χ0n) is 8.64. The van der Waals surface area contributed by atoms with Gasteiger partial charge >= 0.3 is 0 Å². The number of benzene rings is 1. The molecule has 2 rings (SSSR count). The highest BCUT2D eigenvalue weighted by Crippen LogP contribution is 2.25. The minimum absolute atomic E-state index is 0.0104. The van der Waals surface area contributed by atoms with Gasteiger partial charge in [-0.3, -0.25) is 4.79 Å². The number of anilines is 1. The van der Waals surface area contributed by atoms with Crippen molar-refractivity contribution in [1.82, 2.24) is 0 Å². The van der Waals surface area contributed by atoms with Crippen LogP contribution in [-0.4, -0.2) is 5.91 Å². The van der Waals surface area contributed by atoms with E-state index in [-0.39, 0.29) is 10.2 Å². The molecule has 0 unspecified atom stereocenters. The van der Waals surface area contributed by atoms with Gasteiger partial charge in [0.05, 0.1) is 19.5 Å². The SMILES string of the molecule is O=C(Nc1cc(F)c(Br)cc1F)c1csc(Br)c1. The largest absolute Gasteiger partial charge is 0.319 e. The minimum Gasteiger partial charge on any atom is -0.319 e. The average Bonchev–Trinajstić information content (AvgIpc) is 2.73. The highest BCUT2D eigenvalue weighted by Gasteiger charge is 2.13. The van der Waals surface area contributed by atoms with E-state index in [0.29, 0.717) is 5.56 Å². The first-order valence-electron chi connectivity index (χ1n) is 4.67. The zero-order valence-corrected chi connectivity index (χ0v) is 12.6. The summed E-state index contributed by atoms with van der Waals surface area (Å²) in [4.78, 5) is 11.7. The molecule has 2 nitrogen and oxygen atoms in total. The lowest BCUT2D eigenvalue weighted by molar-refractivity contribution is 0.102. The van der Waals surface area contributed by atoms with Crippen LogP contribution >= 0.6 is 43.2 Å². The maximum absolute atomic E-state index is 13.5. The lowest BCUT2D eigenvalue weighted by Crippen LogP contribution is -2.12. The number of carbonyl (C=O) groups is 1. The topological polar surface area (TPSA) is 29.1 Å². The van der Waals surface area contributed by atoms with E-state index < -0.39 is 17.5 Å². The summed E-state index contributed by atoms with van der Waals surface area (Å²) in [6.45, 7) is 0. The van der Waals surface area contributed by atoms with E-state index in [9.17, 15) is 13.6 Å². The van der Waals surface area contributed by atoms with E-state index in [2.05, 4.69) is 37.2 Å². The van der Waals surface area contributed by atoms with Gasteiger partial charge < -0.3 is 5.32 Å². The van der Waals surface area contributed by atoms with Gasteiger partial charge in [-0.25, -0.2) is 8.78 Å². The summed E-state index contributed by atoms with van der Waals surface area (Å²) in [6.07, 6.45) is 0. The second-order valence-electron chi connectivity index (χ2n) is 3.34. The van der Waals surface area contributed by atoms with Crippen molar-refractivity contribution >= 4 is 54.8 Å². The molecule has 0 atom stereocenters. The second kappa shape index (κ2) is 5.46. The third-order valence-electron chi connectivity index (χ3n) is 2.09. The molecule has 0 saturated heterocycles. The Morgan fingerprint density at radius 2 is 1.89 bits per heavy atom. The number of hydrogen-bond donors (Lipinski definition) is 1. The fourth-order valence-electron chi connectivity index (χ4n) is 1.24. The van der Waals surface area contributed by atoms with Crippen molar-refractivity contribution in [3.05, 3.63) is 49.0 Å². The van der Waals surface area contributed by atoms with Gasteiger partial charge in [0, 0.05) is 11.4 Å². The molecule has 0 spiro atoms. The Bertz CT molecular complexity index is 615. The molecule has 94 valence electrons. The van der Waals surface area contributed by atoms with Crippen LogP contribution < -0.4 is 5.32 Å². The van der Waals surface area contributed by atoms with Crippen molar-refractivity contribution in [3.8, 4) is 0 Å². The van der Waals surface area contributed by atoms with E-state index in [0.717, 1.165) is 15.9 Å². The molecule has 0 radical (unpaired) electrons. The third kappa shape index (κ3) is 2.96. The van der Waals surface area contributed by atoms with E-state index in [1.165, 1.54) is 11.3 Å². The van der Waals surface area contributed by atoms with Crippen molar-refractivity contribution in [2.24, 2.45) is 0 Å². The molecule has 7 heteroatoms. The second-order valence-corrected chi connectivity index (χ2v) is 6.48. The van der Waals surface area contributed by atoms with Crippen molar-refractivity contribution in [2.45, 2.75) is 0 Å². The molecule has 0 saturated carbocycles. The number of rotatable bonds is 2. The van der Waals surface area contributed by atoms with E-state index in [4.69, 9.17) is 0 Å². The molecule has 0 aliphatic rings. The van der Waals surface area contributed by atoms with Crippen LogP contribution in [0.2, 0.25) is 0 Å². The molecule has 0 fully saturated rings. The number of amides is 1. The maximum atomic E-state index is 13.5. The normalized spacial score (nSPS) is 10.4. The lowest BCUT2D eigenvalue weighted by Gasteiger charge is -2.06. The number of hydrogen-bond acceptors (Lipinski definition) is 2. The Kier molecular flexibility index (Phi) is 4.14. The molecule has 1 amide bonds. The van der Waals surface area contributed by atoms with Crippen LogP contribution in [0.1, 0.15) is 10.4 Å². The van der Waals surface area contributed by atoms with E-state index in [1.807, 2.05) is 0 Å². The van der Waals surface area contributed by atoms with Gasteiger partial charge in [-0.15, -0.1) is 11.3 Å². The van der Waals surface area contributed by atoms with Crippen LogP contribution in [0.5, 0.6) is 0 Å². The number of nitrogens with one attached hydrogen (secondary N) is 1. The van der Waals surface area contributed by atoms with Crippen molar-refractivity contribution in [1.29, 1.82) is 0 Å². The molecule has 1 heterocycles. The summed E-state index contributed by atoms with van der Waals surface area (Å²) in [5.74, 6) is -1.83. The van der Waals surface area contributed by atoms with E-state index >= 15 is 0 Å². The van der Waals surface area contributed by atoms with Crippen LogP contribution in [0.15, 0.2) is 31.8 Å². The monoisotopic (exact) mass is 395 g/mol. The fraction of sp³-hybridized carbons (Fsp3) is 0. The van der Waals surface area contributed by atoms with Crippen LogP contribution in [0.4, 0.5) is 14.5 Å². The summed E-state index contributed by atoms with van der Waals surface area (Å²) in [5, 5.41) is 3.94. The average molecular weight is 397 g/mol. The van der Waals surface area contributed by atoms with Crippen molar-refractivity contribution < 1.29 is 13.6 Å². The summed E-state index contributed by atoms with van der Waals surface area (Å²) in [7, 11) is 0. The summed E-state index contributed by atoms with van der Waals surface area (Å²) < 4.78 is 27.5. The Morgan fingerprint density at radius 3 is 2.50 bits per heavy atom. The molecule has 2 aromatic rings. The zero-order chi connectivity index (χ0) is 13.3. The Hall–Kier alpha value is -0.790. The molecule has 0 aliphatic carbocycles. The minimum atomic E-state index is -0.703. The van der Waals surface area contributed by atoms with Gasteiger partial charge in [-0.05, 0) is 44.0 Å². The van der Waals surface area contributed by atoms with Gasteiger partial charge in [-0.2, -0.15) is 0 Å². The van der Waals surface area contributed by atoms with Crippen LogP contribution in [0.25, 0.3) is 0 Å². The number of halogens is 4. The fourth-order valence-corrected chi connectivity index (χ4v) is 2.69. The standard InChI is InChI=1S/C11H5Br2F2NOS/c12-6-2-8(15)9(3-7(6)14)16-11(17)5-1-10(13)18-4-5/h1-4H,(H,16,17). The van der Waals surface area contributed by atoms with Gasteiger partial charge in [0.25, 0.3) is 5.91 Å². The lowest BCUT2D eigenvalue weighted by atomic mass is 10.2. The first-order chi connectivity index (χ1) is 8.47. The predicted molar refractivity (Wildman–Crippen MR) is 74.0 cm³/mol. The molecule has 1 N–H and O–H groups in total. The summed E-state index contributed by atoms with van der Waals surface area (Å²) in [5.41, 5.74) is 0.192. The Morgan fingerprint density at radius 1 is 1.17 bits per heavy atom. The van der Waals surface area contributed by atoms with E-state index in [1.54, 1.807) is 11.4 Å². The molecular formula is C11H5Br2F2NOS. The molecule has 0 aliphatic heterocycles. The van der Waals surface area contributed by atoms with Gasteiger partial charge in [0.2, 0.25) is 0 Å². The summed E-state index contributed by atoms with van der Waals surface area (Å²) >= 11 is 7.42. The highest BCUT2D eigenvalue weighted by molar-refractivity contribution is 9.11. The molecule has 0 bridgehead atoms. The molecule has 18 heavy (non-hydrogen) atoms. The van der Waals surface area contributed by atoms with Crippen LogP contribution in [0.3, 0.4) is 0 Å². The number of carbonyl (C=O) groups excluding carboxylic acids is 1. The highest BCUT2D eigenvalue weighted by atomic mass is 79.9. The first kappa shape index (κ1) is 13.6.